The summed E-state index contributed by atoms with van der Waals surface area (Å²) in [5, 5.41) is 5.19. The van der Waals surface area contributed by atoms with Crippen molar-refractivity contribution in [2.24, 2.45) is 0 Å². The molecular weight excluding hydrogens is 360 g/mol. The van der Waals surface area contributed by atoms with E-state index < -0.39 is 11.7 Å². The summed E-state index contributed by atoms with van der Waals surface area (Å²) in [5.41, 5.74) is -0.297. The van der Waals surface area contributed by atoms with Crippen molar-refractivity contribution in [1.82, 2.24) is 5.32 Å². The van der Waals surface area contributed by atoms with Crippen molar-refractivity contribution < 1.29 is 22.4 Å². The molecule has 0 radical (unpaired) electrons. The number of rotatable bonds is 6. The molecule has 0 aliphatic heterocycles. The molecule has 3 nitrogen and oxygen atoms in total. The van der Waals surface area contributed by atoms with Crippen LogP contribution in [0.25, 0.3) is 0 Å². The summed E-state index contributed by atoms with van der Waals surface area (Å²) in [6.07, 6.45) is -4.56. The van der Waals surface area contributed by atoms with Crippen LogP contribution in [-0.2, 0) is 17.5 Å². The molecule has 25 heavy (non-hydrogen) atoms. The normalized spacial score (nSPS) is 11.2. The predicted octanol–water partition coefficient (Wildman–Crippen LogP) is 4.62. The van der Waals surface area contributed by atoms with Gasteiger partial charge in [0.1, 0.15) is 5.82 Å². The average Bonchev–Trinajstić information content (AvgIpc) is 2.55. The summed E-state index contributed by atoms with van der Waals surface area (Å²) in [6, 6.07) is 9.03. The second kappa shape index (κ2) is 8.20. The van der Waals surface area contributed by atoms with Crippen molar-refractivity contribution in [3.8, 4) is 0 Å². The molecule has 2 rings (SSSR count). The lowest BCUT2D eigenvalue weighted by Gasteiger charge is -2.15. The first-order valence-electron chi connectivity index (χ1n) is 7.37. The van der Waals surface area contributed by atoms with Crippen molar-refractivity contribution in [2.45, 2.75) is 19.1 Å². The van der Waals surface area contributed by atoms with Crippen LogP contribution in [0.5, 0.6) is 0 Å². The lowest BCUT2D eigenvalue weighted by atomic mass is 10.1. The molecule has 0 saturated carbocycles. The summed E-state index contributed by atoms with van der Waals surface area (Å²) in [7, 11) is 0. The molecule has 0 heterocycles. The van der Waals surface area contributed by atoms with Crippen LogP contribution in [0.15, 0.2) is 42.5 Å². The maximum absolute atomic E-state index is 12.9. The van der Waals surface area contributed by atoms with Crippen molar-refractivity contribution >= 4 is 23.2 Å². The van der Waals surface area contributed by atoms with Gasteiger partial charge >= 0.3 is 6.18 Å². The number of hydrogen-bond donors (Lipinski definition) is 2. The largest absolute Gasteiger partial charge is 0.418 e. The highest BCUT2D eigenvalue weighted by Crippen LogP contribution is 2.36. The number of anilines is 1. The van der Waals surface area contributed by atoms with E-state index in [1.807, 2.05) is 0 Å². The summed E-state index contributed by atoms with van der Waals surface area (Å²) in [5.74, 6) is -0.706. The molecule has 0 bridgehead atoms. The van der Waals surface area contributed by atoms with Crippen LogP contribution in [0, 0.1) is 5.82 Å². The Morgan fingerprint density at radius 3 is 2.40 bits per heavy atom. The van der Waals surface area contributed by atoms with Gasteiger partial charge in [0.05, 0.1) is 5.56 Å². The molecule has 2 N–H and O–H groups in total. The number of amides is 1. The fourth-order valence-electron chi connectivity index (χ4n) is 2.11. The van der Waals surface area contributed by atoms with E-state index in [1.54, 1.807) is 0 Å². The molecule has 0 atom stereocenters. The quantitative estimate of drug-likeness (QED) is 0.725. The molecule has 8 heteroatoms. The minimum atomic E-state index is -4.54. The molecule has 2 aromatic rings. The molecule has 1 amide bonds. The molecule has 2 aromatic carbocycles. The van der Waals surface area contributed by atoms with E-state index in [9.17, 15) is 22.4 Å². The van der Waals surface area contributed by atoms with Crippen LogP contribution in [0.1, 0.15) is 17.5 Å². The molecule has 0 aliphatic rings. The number of halogens is 5. The van der Waals surface area contributed by atoms with Gasteiger partial charge in [-0.1, -0.05) is 23.7 Å². The van der Waals surface area contributed by atoms with E-state index in [0.717, 1.165) is 11.6 Å². The first-order chi connectivity index (χ1) is 11.8. The first-order valence-corrected chi connectivity index (χ1v) is 7.75. The summed E-state index contributed by atoms with van der Waals surface area (Å²) in [4.78, 5) is 11.7. The number of alkyl halides is 3. The average molecular weight is 375 g/mol. The molecule has 0 saturated heterocycles. The van der Waals surface area contributed by atoms with Crippen LogP contribution in [0.4, 0.5) is 23.2 Å². The van der Waals surface area contributed by atoms with Crippen molar-refractivity contribution in [2.75, 3.05) is 11.9 Å². The van der Waals surface area contributed by atoms with Crippen LogP contribution >= 0.6 is 11.6 Å². The molecule has 0 aliphatic carbocycles. The van der Waals surface area contributed by atoms with E-state index >= 15 is 0 Å². The highest BCUT2D eigenvalue weighted by atomic mass is 35.5. The monoisotopic (exact) mass is 374 g/mol. The van der Waals surface area contributed by atoms with Crippen LogP contribution in [0.3, 0.4) is 0 Å². The first kappa shape index (κ1) is 19.1. The van der Waals surface area contributed by atoms with Gasteiger partial charge in [-0.25, -0.2) is 4.39 Å². The Labute approximate surface area is 147 Å². The van der Waals surface area contributed by atoms with Crippen molar-refractivity contribution in [1.29, 1.82) is 0 Å². The van der Waals surface area contributed by atoms with E-state index in [1.165, 1.54) is 36.4 Å². The Morgan fingerprint density at radius 2 is 1.76 bits per heavy atom. The Bertz CT molecular complexity index is 732. The SMILES string of the molecule is O=C(CCNc1ccc(Cl)cc1C(F)(F)F)NCc1ccc(F)cc1. The predicted molar refractivity (Wildman–Crippen MR) is 87.8 cm³/mol. The van der Waals surface area contributed by atoms with E-state index in [2.05, 4.69) is 10.6 Å². The second-order valence-corrected chi connectivity index (χ2v) is 5.70. The number of nitrogens with one attached hydrogen (secondary N) is 2. The molecule has 0 aromatic heterocycles. The molecule has 0 fully saturated rings. The van der Waals surface area contributed by atoms with Gasteiger partial charge in [-0.2, -0.15) is 13.2 Å². The van der Waals surface area contributed by atoms with Gasteiger partial charge in [0.2, 0.25) is 5.91 Å². The molecule has 0 spiro atoms. The molecule has 134 valence electrons. The number of benzene rings is 2. The van der Waals surface area contributed by atoms with E-state index in [0.29, 0.717) is 0 Å². The second-order valence-electron chi connectivity index (χ2n) is 5.27. The standard InChI is InChI=1S/C17H15ClF4N2O/c18-12-3-6-15(14(9-12)17(20,21)22)23-8-7-16(25)24-10-11-1-4-13(19)5-2-11/h1-6,9,23H,7-8,10H2,(H,24,25). The zero-order chi connectivity index (χ0) is 18.4. The highest BCUT2D eigenvalue weighted by molar-refractivity contribution is 6.30. The topological polar surface area (TPSA) is 41.1 Å². The Balaban J connectivity index is 1.84. The molecule has 0 unspecified atom stereocenters. The minimum absolute atomic E-state index is 0.0128. The van der Waals surface area contributed by atoms with Gasteiger partial charge in [0, 0.05) is 30.2 Å². The lowest BCUT2D eigenvalue weighted by Crippen LogP contribution is -2.25. The fourth-order valence-corrected chi connectivity index (χ4v) is 2.28. The minimum Gasteiger partial charge on any atom is -0.384 e. The number of carbonyl (C=O) groups excluding carboxylic acids is 1. The van der Waals surface area contributed by atoms with Crippen LogP contribution in [0.2, 0.25) is 5.02 Å². The number of carbonyl (C=O) groups is 1. The van der Waals surface area contributed by atoms with E-state index in [4.69, 9.17) is 11.6 Å². The Morgan fingerprint density at radius 1 is 1.08 bits per heavy atom. The van der Waals surface area contributed by atoms with Crippen molar-refractivity contribution in [3.05, 3.63) is 64.4 Å². The third-order valence-electron chi connectivity index (χ3n) is 3.36. The van der Waals surface area contributed by atoms with Crippen molar-refractivity contribution in [3.63, 3.8) is 0 Å². The fraction of sp³-hybridized carbons (Fsp3) is 0.235. The van der Waals surface area contributed by atoms with Crippen LogP contribution in [-0.4, -0.2) is 12.5 Å². The van der Waals surface area contributed by atoms with E-state index in [-0.39, 0.29) is 41.9 Å². The summed E-state index contributed by atoms with van der Waals surface area (Å²) < 4.78 is 51.6. The van der Waals surface area contributed by atoms with Crippen LogP contribution < -0.4 is 10.6 Å². The maximum Gasteiger partial charge on any atom is 0.418 e. The van der Waals surface area contributed by atoms with Gasteiger partial charge < -0.3 is 10.6 Å². The Hall–Kier alpha value is -2.28. The van der Waals surface area contributed by atoms with Gasteiger partial charge in [-0.05, 0) is 35.9 Å². The molecular formula is C17H15ClF4N2O. The smallest absolute Gasteiger partial charge is 0.384 e. The van der Waals surface area contributed by atoms with Gasteiger partial charge in [-0.3, -0.25) is 4.79 Å². The summed E-state index contributed by atoms with van der Waals surface area (Å²) in [6.45, 7) is 0.244. The third-order valence-corrected chi connectivity index (χ3v) is 3.59. The highest BCUT2D eigenvalue weighted by Gasteiger charge is 2.33. The van der Waals surface area contributed by atoms with Gasteiger partial charge in [0.15, 0.2) is 0 Å². The summed E-state index contributed by atoms with van der Waals surface area (Å²) >= 11 is 5.60. The Kier molecular flexibility index (Phi) is 6.25. The zero-order valence-corrected chi connectivity index (χ0v) is 13.7. The zero-order valence-electron chi connectivity index (χ0n) is 13.0. The number of hydrogen-bond acceptors (Lipinski definition) is 2. The van der Waals surface area contributed by atoms with Gasteiger partial charge in [0.25, 0.3) is 0 Å². The lowest BCUT2D eigenvalue weighted by molar-refractivity contribution is -0.137. The third kappa shape index (κ3) is 5.94. The van der Waals surface area contributed by atoms with Gasteiger partial charge in [-0.15, -0.1) is 0 Å². The maximum atomic E-state index is 12.9.